The van der Waals surface area contributed by atoms with Crippen LogP contribution in [0.1, 0.15) is 0 Å². The summed E-state index contributed by atoms with van der Waals surface area (Å²) in [4.78, 5) is 23.6. The van der Waals surface area contributed by atoms with E-state index in [0.717, 1.165) is 6.08 Å². The summed E-state index contributed by atoms with van der Waals surface area (Å²) in [5.74, 6) is -0.941. The molecule has 0 heterocycles. The minimum atomic E-state index is -0.512. The van der Waals surface area contributed by atoms with E-state index in [9.17, 15) is 9.59 Å². The van der Waals surface area contributed by atoms with Crippen LogP contribution in [-0.4, -0.2) is 63.9 Å². The fraction of sp³-hybridized carbons (Fsp3) is 0.636. The van der Waals surface area contributed by atoms with Gasteiger partial charge in [0.15, 0.2) is 0 Å². The molecule has 6 nitrogen and oxygen atoms in total. The predicted octanol–water partition coefficient (Wildman–Crippen LogP) is -0.163. The molecule has 17 heavy (non-hydrogen) atoms. The summed E-state index contributed by atoms with van der Waals surface area (Å²) >= 11 is 0. The molecular formula is C11H19NO5. The van der Waals surface area contributed by atoms with Crippen LogP contribution in [0.5, 0.6) is 0 Å². The van der Waals surface area contributed by atoms with E-state index in [1.165, 1.54) is 0 Å². The van der Waals surface area contributed by atoms with Crippen LogP contribution in [-0.2, 0) is 23.8 Å². The van der Waals surface area contributed by atoms with Gasteiger partial charge in [-0.1, -0.05) is 6.58 Å². The van der Waals surface area contributed by atoms with Gasteiger partial charge in [-0.2, -0.15) is 0 Å². The van der Waals surface area contributed by atoms with Crippen LogP contribution in [0.4, 0.5) is 0 Å². The molecule has 0 aromatic rings. The zero-order chi connectivity index (χ0) is 13.1. The number of likely N-dealkylation sites (N-methyl/N-ethyl adjacent to an activating group) is 1. The van der Waals surface area contributed by atoms with Gasteiger partial charge in [0.25, 0.3) is 0 Å². The van der Waals surface area contributed by atoms with Gasteiger partial charge in [0.05, 0.1) is 6.61 Å². The van der Waals surface area contributed by atoms with E-state index in [2.05, 4.69) is 11.3 Å². The summed E-state index contributed by atoms with van der Waals surface area (Å²) in [5.41, 5.74) is 0. The summed E-state index contributed by atoms with van der Waals surface area (Å²) in [6.45, 7) is 4.35. The monoisotopic (exact) mass is 245 g/mol. The van der Waals surface area contributed by atoms with Gasteiger partial charge in [-0.3, -0.25) is 0 Å². The van der Waals surface area contributed by atoms with E-state index < -0.39 is 11.9 Å². The van der Waals surface area contributed by atoms with Gasteiger partial charge in [-0.15, -0.1) is 0 Å². The Morgan fingerprint density at radius 3 is 2.47 bits per heavy atom. The smallest absolute Gasteiger partial charge is 0.332 e. The van der Waals surface area contributed by atoms with E-state index in [4.69, 9.17) is 9.47 Å². The molecule has 0 fully saturated rings. The van der Waals surface area contributed by atoms with Gasteiger partial charge < -0.3 is 19.1 Å². The van der Waals surface area contributed by atoms with Crippen molar-refractivity contribution in [1.29, 1.82) is 0 Å². The molecular weight excluding hydrogens is 226 g/mol. The normalized spacial score (nSPS) is 10.1. The number of nitrogens with zero attached hydrogens (tertiary/aromatic N) is 1. The van der Waals surface area contributed by atoms with Gasteiger partial charge in [0.2, 0.25) is 0 Å². The third-order valence-electron chi connectivity index (χ3n) is 1.66. The fourth-order valence-corrected chi connectivity index (χ4v) is 0.799. The fourth-order valence-electron chi connectivity index (χ4n) is 0.799. The first-order chi connectivity index (χ1) is 8.06. The van der Waals surface area contributed by atoms with Crippen LogP contribution < -0.4 is 0 Å². The topological polar surface area (TPSA) is 65.1 Å². The third-order valence-corrected chi connectivity index (χ3v) is 1.66. The van der Waals surface area contributed by atoms with Gasteiger partial charge in [-0.05, 0) is 14.1 Å². The molecule has 0 aliphatic rings. The van der Waals surface area contributed by atoms with E-state index in [0.29, 0.717) is 13.2 Å². The average molecular weight is 245 g/mol. The lowest BCUT2D eigenvalue weighted by molar-refractivity contribution is -0.150. The number of carbonyl (C=O) groups excluding carboxylic acids is 2. The number of rotatable bonds is 9. The number of carbonyl (C=O) groups is 2. The highest BCUT2D eigenvalue weighted by Crippen LogP contribution is 1.85. The van der Waals surface area contributed by atoms with Crippen LogP contribution in [0.25, 0.3) is 0 Å². The molecule has 0 rings (SSSR count). The minimum Gasteiger partial charge on any atom is -0.463 e. The van der Waals surface area contributed by atoms with Crippen LogP contribution >= 0.6 is 0 Å². The first-order valence-corrected chi connectivity index (χ1v) is 5.23. The van der Waals surface area contributed by atoms with Crippen molar-refractivity contribution in [2.45, 2.75) is 0 Å². The quantitative estimate of drug-likeness (QED) is 0.319. The largest absolute Gasteiger partial charge is 0.463 e. The minimum absolute atomic E-state index is 0.0931. The molecule has 0 aliphatic heterocycles. The molecule has 0 saturated heterocycles. The first-order valence-electron chi connectivity index (χ1n) is 5.23. The molecule has 0 atom stereocenters. The predicted molar refractivity (Wildman–Crippen MR) is 61.5 cm³/mol. The second kappa shape index (κ2) is 9.80. The molecule has 98 valence electrons. The van der Waals surface area contributed by atoms with Crippen molar-refractivity contribution in [2.24, 2.45) is 0 Å². The highest BCUT2D eigenvalue weighted by molar-refractivity contribution is 5.81. The van der Waals surface area contributed by atoms with Gasteiger partial charge >= 0.3 is 11.9 Å². The maximum atomic E-state index is 11.1. The van der Waals surface area contributed by atoms with Crippen molar-refractivity contribution in [1.82, 2.24) is 4.90 Å². The van der Waals surface area contributed by atoms with E-state index >= 15 is 0 Å². The molecule has 0 aliphatic carbocycles. The lowest BCUT2D eigenvalue weighted by Crippen LogP contribution is -2.22. The molecule has 0 radical (unpaired) electrons. The summed E-state index contributed by atoms with van der Waals surface area (Å²) in [6, 6.07) is 0. The molecule has 0 aromatic heterocycles. The molecule has 0 saturated carbocycles. The Balaban J connectivity index is 3.33. The highest BCUT2D eigenvalue weighted by Gasteiger charge is 2.03. The van der Waals surface area contributed by atoms with Crippen molar-refractivity contribution in [3.05, 3.63) is 12.7 Å². The van der Waals surface area contributed by atoms with E-state index in [1.54, 1.807) is 0 Å². The Bertz CT molecular complexity index is 252. The Kier molecular flexibility index (Phi) is 8.99. The number of hydrogen-bond donors (Lipinski definition) is 0. The SMILES string of the molecule is C=CC(=O)OCCOCC(=O)OCCN(C)C. The van der Waals surface area contributed by atoms with Crippen LogP contribution in [0, 0.1) is 0 Å². The maximum absolute atomic E-state index is 11.1. The Hall–Kier alpha value is -1.40. The molecule has 0 aromatic carbocycles. The average Bonchev–Trinajstić information content (AvgIpc) is 2.27. The second-order valence-corrected chi connectivity index (χ2v) is 3.45. The van der Waals surface area contributed by atoms with E-state index in [-0.39, 0.29) is 19.8 Å². The lowest BCUT2D eigenvalue weighted by Gasteiger charge is -2.10. The highest BCUT2D eigenvalue weighted by atomic mass is 16.6. The maximum Gasteiger partial charge on any atom is 0.332 e. The van der Waals surface area contributed by atoms with Crippen molar-refractivity contribution >= 4 is 11.9 Å². The van der Waals surface area contributed by atoms with Gasteiger partial charge in [0.1, 0.15) is 19.8 Å². The lowest BCUT2D eigenvalue weighted by atomic mass is 10.6. The van der Waals surface area contributed by atoms with Crippen LogP contribution in [0.15, 0.2) is 12.7 Å². The molecule has 0 N–H and O–H groups in total. The van der Waals surface area contributed by atoms with E-state index in [1.807, 2.05) is 19.0 Å². The van der Waals surface area contributed by atoms with Crippen molar-refractivity contribution in [3.63, 3.8) is 0 Å². The molecule has 0 unspecified atom stereocenters. The summed E-state index contributed by atoms with van der Waals surface area (Å²) < 4.78 is 14.5. The number of esters is 2. The molecule has 0 amide bonds. The standard InChI is InChI=1S/C11H19NO5/c1-4-10(13)17-8-7-15-9-11(14)16-6-5-12(2)3/h4H,1,5-9H2,2-3H3. The zero-order valence-electron chi connectivity index (χ0n) is 10.3. The molecule has 6 heteroatoms. The summed E-state index contributed by atoms with van der Waals surface area (Å²) in [7, 11) is 3.77. The third kappa shape index (κ3) is 10.9. The number of ether oxygens (including phenoxy) is 3. The second-order valence-electron chi connectivity index (χ2n) is 3.45. The Morgan fingerprint density at radius 1 is 1.18 bits per heavy atom. The summed E-state index contributed by atoms with van der Waals surface area (Å²) in [6.07, 6.45) is 1.06. The first kappa shape index (κ1) is 15.6. The van der Waals surface area contributed by atoms with Gasteiger partial charge in [0, 0.05) is 12.6 Å². The van der Waals surface area contributed by atoms with Crippen LogP contribution in [0.2, 0.25) is 0 Å². The Morgan fingerprint density at radius 2 is 1.88 bits per heavy atom. The Labute approximate surface area is 101 Å². The molecule has 0 bridgehead atoms. The van der Waals surface area contributed by atoms with Crippen molar-refractivity contribution in [3.8, 4) is 0 Å². The van der Waals surface area contributed by atoms with Crippen molar-refractivity contribution < 1.29 is 23.8 Å². The van der Waals surface area contributed by atoms with Gasteiger partial charge in [-0.25, -0.2) is 9.59 Å². The van der Waals surface area contributed by atoms with Crippen molar-refractivity contribution in [2.75, 3.05) is 47.1 Å². The van der Waals surface area contributed by atoms with Crippen LogP contribution in [0.3, 0.4) is 0 Å². The molecule has 0 spiro atoms. The zero-order valence-corrected chi connectivity index (χ0v) is 10.3. The number of hydrogen-bond acceptors (Lipinski definition) is 6. The summed E-state index contributed by atoms with van der Waals surface area (Å²) in [5, 5.41) is 0.